The van der Waals surface area contributed by atoms with Gasteiger partial charge in [-0.15, -0.1) is 0 Å². The second-order valence-electron chi connectivity index (χ2n) is 3.26. The van der Waals surface area contributed by atoms with Crippen molar-refractivity contribution in [1.82, 2.24) is 4.98 Å². The van der Waals surface area contributed by atoms with Crippen molar-refractivity contribution < 1.29 is 18.3 Å². The second kappa shape index (κ2) is 6.40. The molecule has 1 heterocycles. The Morgan fingerprint density at radius 1 is 1.67 bits per heavy atom. The first-order chi connectivity index (χ1) is 8.49. The second-order valence-corrected chi connectivity index (χ2v) is 4.07. The first kappa shape index (κ1) is 14.5. The van der Waals surface area contributed by atoms with Gasteiger partial charge in [0.2, 0.25) is 0 Å². The Morgan fingerprint density at radius 3 is 2.83 bits per heavy atom. The van der Waals surface area contributed by atoms with Crippen LogP contribution in [0, 0.1) is 11.3 Å². The van der Waals surface area contributed by atoms with Gasteiger partial charge in [-0.3, -0.25) is 4.79 Å². The van der Waals surface area contributed by atoms with Gasteiger partial charge in [0, 0.05) is 0 Å². The summed E-state index contributed by atoms with van der Waals surface area (Å²) in [5.74, 6) is -0.577. The zero-order chi connectivity index (χ0) is 13.7. The molecule has 0 spiro atoms. The Morgan fingerprint density at radius 2 is 2.33 bits per heavy atom. The number of hydrogen-bond acceptors (Lipinski definition) is 4. The fourth-order valence-electron chi connectivity index (χ4n) is 1.38. The van der Waals surface area contributed by atoms with Gasteiger partial charge < -0.3 is 4.74 Å². The Kier molecular flexibility index (Phi) is 5.16. The summed E-state index contributed by atoms with van der Waals surface area (Å²) in [6, 6.07) is 3.01. The first-order valence-electron chi connectivity index (χ1n) is 5.02. The largest absolute Gasteiger partial charge is 0.466 e. The highest BCUT2D eigenvalue weighted by molar-refractivity contribution is 9.10. The van der Waals surface area contributed by atoms with Crippen molar-refractivity contribution in [2.75, 3.05) is 6.61 Å². The molecule has 0 N–H and O–H groups in total. The number of halogens is 3. The molecule has 1 aromatic rings. The molecule has 0 amide bonds. The minimum Gasteiger partial charge on any atom is -0.466 e. The van der Waals surface area contributed by atoms with E-state index < -0.39 is 18.1 Å². The number of nitriles is 1. The van der Waals surface area contributed by atoms with E-state index in [1.165, 1.54) is 6.07 Å². The number of rotatable bonds is 4. The van der Waals surface area contributed by atoms with E-state index in [0.717, 1.165) is 0 Å². The maximum atomic E-state index is 12.7. The molecule has 0 aliphatic heterocycles. The molecule has 0 unspecified atom stereocenters. The Hall–Kier alpha value is -1.55. The predicted molar refractivity (Wildman–Crippen MR) is 61.9 cm³/mol. The smallest absolute Gasteiger partial charge is 0.310 e. The quantitative estimate of drug-likeness (QED) is 0.632. The molecule has 4 nitrogen and oxygen atoms in total. The number of ether oxygens (including phenoxy) is 1. The lowest BCUT2D eigenvalue weighted by Gasteiger charge is -2.08. The normalized spacial score (nSPS) is 10.2. The lowest BCUT2D eigenvalue weighted by atomic mass is 10.0. The minimum absolute atomic E-state index is 0.149. The number of pyridine rings is 1. The van der Waals surface area contributed by atoms with Crippen molar-refractivity contribution >= 4 is 21.9 Å². The average Bonchev–Trinajstić information content (AvgIpc) is 2.28. The lowest BCUT2D eigenvalue weighted by Crippen LogP contribution is -2.11. The SMILES string of the molecule is CCOC(=O)Cc1cc(Br)nc(C(F)F)c1C#N. The van der Waals surface area contributed by atoms with Gasteiger partial charge in [-0.2, -0.15) is 5.26 Å². The van der Waals surface area contributed by atoms with E-state index in [1.54, 1.807) is 13.0 Å². The van der Waals surface area contributed by atoms with Crippen LogP contribution in [0.25, 0.3) is 0 Å². The molecule has 7 heteroatoms. The van der Waals surface area contributed by atoms with Crippen molar-refractivity contribution in [3.8, 4) is 6.07 Å². The van der Waals surface area contributed by atoms with Gasteiger partial charge in [-0.1, -0.05) is 0 Å². The van der Waals surface area contributed by atoms with E-state index >= 15 is 0 Å². The maximum absolute atomic E-state index is 12.7. The topological polar surface area (TPSA) is 63.0 Å². The van der Waals surface area contributed by atoms with Crippen LogP contribution in [0.5, 0.6) is 0 Å². The highest BCUT2D eigenvalue weighted by Crippen LogP contribution is 2.26. The number of esters is 1. The summed E-state index contributed by atoms with van der Waals surface area (Å²) in [6.45, 7) is 1.82. The van der Waals surface area contributed by atoms with Crippen LogP contribution in [0.15, 0.2) is 10.7 Å². The summed E-state index contributed by atoms with van der Waals surface area (Å²) in [5.41, 5.74) is -0.736. The Balaban J connectivity index is 3.18. The Labute approximate surface area is 111 Å². The number of alkyl halides is 2. The molecular weight excluding hydrogens is 310 g/mol. The number of carbonyl (C=O) groups excluding carboxylic acids is 1. The lowest BCUT2D eigenvalue weighted by molar-refractivity contribution is -0.142. The first-order valence-corrected chi connectivity index (χ1v) is 5.82. The van der Waals surface area contributed by atoms with Gasteiger partial charge in [-0.25, -0.2) is 13.8 Å². The summed E-state index contributed by atoms with van der Waals surface area (Å²) < 4.78 is 30.3. The number of hydrogen-bond donors (Lipinski definition) is 0. The van der Waals surface area contributed by atoms with E-state index in [1.807, 2.05) is 0 Å². The summed E-state index contributed by atoms with van der Waals surface area (Å²) in [5, 5.41) is 8.89. The molecule has 0 aromatic carbocycles. The number of nitrogens with zero attached hydrogens (tertiary/aromatic N) is 2. The number of carbonyl (C=O) groups is 1. The van der Waals surface area contributed by atoms with E-state index in [4.69, 9.17) is 10.00 Å². The third kappa shape index (κ3) is 3.47. The summed E-state index contributed by atoms with van der Waals surface area (Å²) in [7, 11) is 0. The molecule has 0 fully saturated rings. The molecule has 0 radical (unpaired) electrons. The third-order valence-corrected chi connectivity index (χ3v) is 2.46. The van der Waals surface area contributed by atoms with E-state index in [-0.39, 0.29) is 28.8 Å². The Bertz CT molecular complexity index is 501. The van der Waals surface area contributed by atoms with Gasteiger partial charge in [-0.05, 0) is 34.5 Å². The fourth-order valence-corrected chi connectivity index (χ4v) is 1.84. The van der Waals surface area contributed by atoms with Crippen molar-refractivity contribution in [3.05, 3.63) is 27.5 Å². The molecule has 18 heavy (non-hydrogen) atoms. The van der Waals surface area contributed by atoms with Crippen molar-refractivity contribution in [2.24, 2.45) is 0 Å². The van der Waals surface area contributed by atoms with E-state index in [2.05, 4.69) is 20.9 Å². The van der Waals surface area contributed by atoms with Gasteiger partial charge in [0.15, 0.2) is 0 Å². The van der Waals surface area contributed by atoms with Crippen LogP contribution in [-0.2, 0) is 16.0 Å². The van der Waals surface area contributed by atoms with E-state index in [0.29, 0.717) is 0 Å². The predicted octanol–water partition coefficient (Wildman–Crippen LogP) is 2.76. The highest BCUT2D eigenvalue weighted by Gasteiger charge is 2.21. The van der Waals surface area contributed by atoms with Crippen molar-refractivity contribution in [3.63, 3.8) is 0 Å². The minimum atomic E-state index is -2.88. The molecule has 1 aromatic heterocycles. The maximum Gasteiger partial charge on any atom is 0.310 e. The van der Waals surface area contributed by atoms with Gasteiger partial charge in [0.05, 0.1) is 18.6 Å². The van der Waals surface area contributed by atoms with Gasteiger partial charge in [0.1, 0.15) is 16.4 Å². The van der Waals surface area contributed by atoms with Crippen LogP contribution in [0.4, 0.5) is 8.78 Å². The third-order valence-electron chi connectivity index (χ3n) is 2.06. The molecule has 0 bridgehead atoms. The number of aromatic nitrogens is 1. The standard InChI is InChI=1S/C11H9BrF2N2O2/c1-2-18-9(17)4-6-3-8(12)16-10(11(13)14)7(6)5-15/h3,11H,2,4H2,1H3. The zero-order valence-electron chi connectivity index (χ0n) is 9.41. The highest BCUT2D eigenvalue weighted by atomic mass is 79.9. The van der Waals surface area contributed by atoms with Crippen molar-refractivity contribution in [2.45, 2.75) is 19.8 Å². The van der Waals surface area contributed by atoms with Gasteiger partial charge in [0.25, 0.3) is 6.43 Å². The van der Waals surface area contributed by atoms with Crippen molar-refractivity contribution in [1.29, 1.82) is 5.26 Å². The average molecular weight is 319 g/mol. The van der Waals surface area contributed by atoms with Gasteiger partial charge >= 0.3 is 5.97 Å². The molecular formula is C11H9BrF2N2O2. The van der Waals surface area contributed by atoms with Crippen LogP contribution < -0.4 is 0 Å². The van der Waals surface area contributed by atoms with E-state index in [9.17, 15) is 13.6 Å². The van der Waals surface area contributed by atoms with Crippen LogP contribution in [0.1, 0.15) is 30.2 Å². The zero-order valence-corrected chi connectivity index (χ0v) is 11.0. The van der Waals surface area contributed by atoms with Crippen LogP contribution in [0.2, 0.25) is 0 Å². The van der Waals surface area contributed by atoms with Crippen LogP contribution in [0.3, 0.4) is 0 Å². The fraction of sp³-hybridized carbons (Fsp3) is 0.364. The molecule has 0 saturated carbocycles. The van der Waals surface area contributed by atoms with Crippen LogP contribution >= 0.6 is 15.9 Å². The summed E-state index contributed by atoms with van der Waals surface area (Å²) >= 11 is 2.97. The summed E-state index contributed by atoms with van der Waals surface area (Å²) in [4.78, 5) is 14.9. The monoisotopic (exact) mass is 318 g/mol. The molecule has 0 aliphatic carbocycles. The molecule has 1 rings (SSSR count). The molecule has 0 atom stereocenters. The summed E-state index contributed by atoms with van der Waals surface area (Å²) in [6.07, 6.45) is -3.12. The molecule has 0 aliphatic rings. The molecule has 0 saturated heterocycles. The molecule has 96 valence electrons. The van der Waals surface area contributed by atoms with Crippen LogP contribution in [-0.4, -0.2) is 17.6 Å².